The van der Waals surface area contributed by atoms with Crippen LogP contribution in [-0.2, 0) is 0 Å². The van der Waals surface area contributed by atoms with E-state index in [2.05, 4.69) is 15.2 Å². The molecule has 0 aliphatic rings. The molecule has 7 heteroatoms. The summed E-state index contributed by atoms with van der Waals surface area (Å²) in [6.45, 7) is 3.85. The summed E-state index contributed by atoms with van der Waals surface area (Å²) in [5.41, 5.74) is 7.00. The molecule has 17 heavy (non-hydrogen) atoms. The number of oxime groups is 1. The second-order valence-corrected chi connectivity index (χ2v) is 4.01. The number of H-pyrrole nitrogens is 1. The number of rotatable bonds is 2. The predicted molar refractivity (Wildman–Crippen MR) is 62.4 cm³/mol. The second-order valence-electron chi connectivity index (χ2n) is 4.01. The maximum absolute atomic E-state index is 11.8. The summed E-state index contributed by atoms with van der Waals surface area (Å²) < 4.78 is 1.43. The molecule has 0 radical (unpaired) electrons. The predicted octanol–water partition coefficient (Wildman–Crippen LogP) is 0.240. The van der Waals surface area contributed by atoms with Crippen LogP contribution in [0.2, 0.25) is 0 Å². The highest BCUT2D eigenvalue weighted by Gasteiger charge is 2.19. The number of nitrogens with one attached hydrogen (secondary N) is 1. The van der Waals surface area contributed by atoms with E-state index in [1.165, 1.54) is 10.8 Å². The molecule has 2 aromatic rings. The van der Waals surface area contributed by atoms with Gasteiger partial charge in [-0.2, -0.15) is 5.10 Å². The Morgan fingerprint density at radius 2 is 2.35 bits per heavy atom. The average molecular weight is 235 g/mol. The molecular weight excluding hydrogens is 222 g/mol. The molecule has 0 atom stereocenters. The monoisotopic (exact) mass is 235 g/mol. The van der Waals surface area contributed by atoms with Crippen LogP contribution >= 0.6 is 0 Å². The summed E-state index contributed by atoms with van der Waals surface area (Å²) in [6.07, 6.45) is 2.88. The van der Waals surface area contributed by atoms with Crippen molar-refractivity contribution in [2.75, 3.05) is 0 Å². The Morgan fingerprint density at radius 1 is 1.65 bits per heavy atom. The van der Waals surface area contributed by atoms with E-state index in [-0.39, 0.29) is 17.3 Å². The zero-order valence-corrected chi connectivity index (χ0v) is 9.51. The molecule has 0 spiro atoms. The van der Waals surface area contributed by atoms with Crippen LogP contribution in [0.15, 0.2) is 22.5 Å². The van der Waals surface area contributed by atoms with E-state index >= 15 is 0 Å². The molecule has 0 saturated heterocycles. The van der Waals surface area contributed by atoms with Crippen molar-refractivity contribution in [3.63, 3.8) is 0 Å². The first-order chi connectivity index (χ1) is 8.06. The van der Waals surface area contributed by atoms with Gasteiger partial charge in [0.05, 0.1) is 0 Å². The topological polar surface area (TPSA) is 109 Å². The van der Waals surface area contributed by atoms with Crippen LogP contribution in [-0.4, -0.2) is 25.6 Å². The summed E-state index contributed by atoms with van der Waals surface area (Å²) in [5.74, 6) is 0.0270. The lowest BCUT2D eigenvalue weighted by atomic mass is 10.00. The molecule has 0 aromatic carbocycles. The van der Waals surface area contributed by atoms with Crippen LogP contribution in [0.3, 0.4) is 0 Å². The molecule has 2 rings (SSSR count). The Hall–Kier alpha value is -2.31. The molecule has 0 bridgehead atoms. The zero-order valence-electron chi connectivity index (χ0n) is 9.51. The molecule has 0 unspecified atom stereocenters. The maximum Gasteiger partial charge on any atom is 0.275 e. The summed E-state index contributed by atoms with van der Waals surface area (Å²) in [5, 5.41) is 15.7. The van der Waals surface area contributed by atoms with Crippen LogP contribution in [0, 0.1) is 0 Å². The van der Waals surface area contributed by atoms with E-state index in [0.29, 0.717) is 11.1 Å². The number of hydrogen-bond donors (Lipinski definition) is 3. The highest BCUT2D eigenvalue weighted by Crippen LogP contribution is 2.23. The fourth-order valence-electron chi connectivity index (χ4n) is 1.89. The van der Waals surface area contributed by atoms with Gasteiger partial charge in [-0.3, -0.25) is 4.79 Å². The number of fused-ring (bicyclic) bond motifs is 1. The van der Waals surface area contributed by atoms with Crippen molar-refractivity contribution in [1.29, 1.82) is 0 Å². The van der Waals surface area contributed by atoms with Gasteiger partial charge < -0.3 is 15.9 Å². The third-order valence-electron chi connectivity index (χ3n) is 2.58. The van der Waals surface area contributed by atoms with E-state index < -0.39 is 0 Å². The summed E-state index contributed by atoms with van der Waals surface area (Å²) >= 11 is 0. The van der Waals surface area contributed by atoms with Crippen LogP contribution < -0.4 is 11.3 Å². The molecule has 0 aliphatic heterocycles. The Bertz CT molecular complexity index is 638. The van der Waals surface area contributed by atoms with Crippen LogP contribution in [0.4, 0.5) is 0 Å². The maximum atomic E-state index is 11.8. The molecule has 90 valence electrons. The van der Waals surface area contributed by atoms with Gasteiger partial charge in [0.25, 0.3) is 5.56 Å². The van der Waals surface area contributed by atoms with E-state index in [4.69, 9.17) is 10.9 Å². The molecule has 4 N–H and O–H groups in total. The molecular formula is C10H13N5O2. The highest BCUT2D eigenvalue weighted by atomic mass is 16.4. The quantitative estimate of drug-likeness (QED) is 0.300. The van der Waals surface area contributed by atoms with Crippen LogP contribution in [0.1, 0.15) is 30.9 Å². The first-order valence-corrected chi connectivity index (χ1v) is 5.13. The van der Waals surface area contributed by atoms with Crippen molar-refractivity contribution in [3.8, 4) is 0 Å². The smallest absolute Gasteiger partial charge is 0.275 e. The Labute approximate surface area is 96.6 Å². The minimum Gasteiger partial charge on any atom is -0.409 e. The van der Waals surface area contributed by atoms with Crippen molar-refractivity contribution in [2.45, 2.75) is 19.8 Å². The average Bonchev–Trinajstić information content (AvgIpc) is 2.68. The fourth-order valence-corrected chi connectivity index (χ4v) is 1.89. The summed E-state index contributed by atoms with van der Waals surface area (Å²) in [7, 11) is 0. The van der Waals surface area contributed by atoms with Crippen molar-refractivity contribution in [2.24, 2.45) is 10.9 Å². The van der Waals surface area contributed by atoms with E-state index in [1.807, 2.05) is 13.8 Å². The van der Waals surface area contributed by atoms with Gasteiger partial charge in [-0.25, -0.2) is 4.52 Å². The fraction of sp³-hybridized carbons (Fsp3) is 0.300. The van der Waals surface area contributed by atoms with E-state index in [0.717, 1.165) is 5.56 Å². The highest BCUT2D eigenvalue weighted by molar-refractivity contribution is 6.00. The molecule has 0 fully saturated rings. The first-order valence-electron chi connectivity index (χ1n) is 5.13. The third-order valence-corrected chi connectivity index (χ3v) is 2.58. The van der Waals surface area contributed by atoms with Crippen molar-refractivity contribution >= 4 is 11.4 Å². The van der Waals surface area contributed by atoms with Gasteiger partial charge in [0.1, 0.15) is 11.8 Å². The lowest BCUT2D eigenvalue weighted by molar-refractivity contribution is 0.318. The number of aromatic amines is 1. The summed E-state index contributed by atoms with van der Waals surface area (Å²) in [4.78, 5) is 14.3. The molecule has 7 nitrogen and oxygen atoms in total. The standard InChI is InChI=1S/C10H13N5O2/c1-5(2)7-6(9(11)14-17)3-15-8(7)10(16)12-4-13-15/h3-5,17H,1-2H3,(H2,11,14)(H,12,13,16). The van der Waals surface area contributed by atoms with Gasteiger partial charge in [-0.05, 0) is 11.5 Å². The van der Waals surface area contributed by atoms with E-state index in [1.54, 1.807) is 6.20 Å². The minimum atomic E-state index is -0.249. The number of nitrogens with two attached hydrogens (primary N) is 1. The van der Waals surface area contributed by atoms with Gasteiger partial charge in [0.2, 0.25) is 0 Å². The zero-order chi connectivity index (χ0) is 12.6. The second kappa shape index (κ2) is 3.93. The van der Waals surface area contributed by atoms with Gasteiger partial charge in [0.15, 0.2) is 5.84 Å². The van der Waals surface area contributed by atoms with Crippen molar-refractivity contribution in [1.82, 2.24) is 14.6 Å². The number of amidine groups is 1. The SMILES string of the molecule is CC(C)c1c(/C(N)=N/O)cn2nc[nH]c(=O)c12. The largest absolute Gasteiger partial charge is 0.409 e. The third kappa shape index (κ3) is 1.65. The van der Waals surface area contributed by atoms with Gasteiger partial charge >= 0.3 is 0 Å². The minimum absolute atomic E-state index is 0.0291. The van der Waals surface area contributed by atoms with Crippen LogP contribution in [0.25, 0.3) is 5.52 Å². The van der Waals surface area contributed by atoms with E-state index in [9.17, 15) is 4.79 Å². The Morgan fingerprint density at radius 3 is 2.94 bits per heavy atom. The van der Waals surface area contributed by atoms with Crippen molar-refractivity contribution < 1.29 is 5.21 Å². The molecule has 0 aliphatic carbocycles. The van der Waals surface area contributed by atoms with Crippen molar-refractivity contribution in [3.05, 3.63) is 34.0 Å². The number of hydrogen-bond acceptors (Lipinski definition) is 4. The van der Waals surface area contributed by atoms with Gasteiger partial charge in [-0.1, -0.05) is 19.0 Å². The Kier molecular flexibility index (Phi) is 2.58. The van der Waals surface area contributed by atoms with Gasteiger partial charge in [0, 0.05) is 11.8 Å². The van der Waals surface area contributed by atoms with Gasteiger partial charge in [-0.15, -0.1) is 0 Å². The number of nitrogens with zero attached hydrogens (tertiary/aromatic N) is 3. The molecule has 0 amide bonds. The lowest BCUT2D eigenvalue weighted by Gasteiger charge is -2.05. The number of aromatic nitrogens is 3. The Balaban J connectivity index is 2.91. The lowest BCUT2D eigenvalue weighted by Crippen LogP contribution is -2.15. The first kappa shape index (κ1) is 11.2. The summed E-state index contributed by atoms with van der Waals surface area (Å²) in [6, 6.07) is 0. The molecule has 2 heterocycles. The molecule has 2 aromatic heterocycles. The van der Waals surface area contributed by atoms with Crippen LogP contribution in [0.5, 0.6) is 0 Å². The normalized spacial score (nSPS) is 12.5. The molecule has 0 saturated carbocycles.